The predicted octanol–water partition coefficient (Wildman–Crippen LogP) is 8.06. The molecule has 0 heterocycles. The predicted molar refractivity (Wildman–Crippen MR) is 138 cm³/mol. The first-order valence-electron chi connectivity index (χ1n) is 11.1. The lowest BCUT2D eigenvalue weighted by atomic mass is 9.86. The third kappa shape index (κ3) is 2.91. The zero-order valence-electron chi connectivity index (χ0n) is 18.6. The van der Waals surface area contributed by atoms with E-state index in [1.54, 1.807) is 0 Å². The van der Waals surface area contributed by atoms with Crippen LogP contribution in [0.4, 0.5) is 0 Å². The largest absolute Gasteiger partial charge is 0.465 e. The lowest BCUT2D eigenvalue weighted by Crippen LogP contribution is -2.03. The number of fused-ring (bicyclic) bond motifs is 8. The summed E-state index contributed by atoms with van der Waals surface area (Å²) in [4.78, 5) is 12.6. The summed E-state index contributed by atoms with van der Waals surface area (Å²) >= 11 is 0. The molecule has 0 saturated heterocycles. The molecule has 6 rings (SSSR count). The lowest BCUT2D eigenvalue weighted by molar-refractivity contribution is 0.0601. The minimum Gasteiger partial charge on any atom is -0.465 e. The van der Waals surface area contributed by atoms with Crippen LogP contribution in [0.25, 0.3) is 54.2 Å². The monoisotopic (exact) mass is 426 g/mol. The highest BCUT2D eigenvalue weighted by Crippen LogP contribution is 2.43. The maximum Gasteiger partial charge on any atom is 0.338 e. The third-order valence-electron chi connectivity index (χ3n) is 6.62. The van der Waals surface area contributed by atoms with Gasteiger partial charge in [0.15, 0.2) is 0 Å². The number of aryl methyl sites for hydroxylation is 1. The molecule has 0 bridgehead atoms. The molecular weight excluding hydrogens is 404 g/mol. The third-order valence-corrected chi connectivity index (χ3v) is 6.62. The van der Waals surface area contributed by atoms with Crippen LogP contribution in [0.2, 0.25) is 0 Å². The first kappa shape index (κ1) is 19.5. The van der Waals surface area contributed by atoms with E-state index in [9.17, 15) is 4.79 Å². The Kier molecular flexibility index (Phi) is 4.41. The van der Waals surface area contributed by atoms with Crippen LogP contribution < -0.4 is 0 Å². The molecule has 2 heteroatoms. The van der Waals surface area contributed by atoms with Crippen LogP contribution in [0, 0.1) is 6.92 Å². The van der Waals surface area contributed by atoms with E-state index in [1.807, 2.05) is 24.3 Å². The summed E-state index contributed by atoms with van der Waals surface area (Å²) in [6.07, 6.45) is 0. The summed E-state index contributed by atoms with van der Waals surface area (Å²) in [5, 5.41) is 9.72. The number of benzene rings is 6. The fraction of sp³-hybridized carbons (Fsp3) is 0.0645. The van der Waals surface area contributed by atoms with Gasteiger partial charge < -0.3 is 4.74 Å². The standard InChI is InChI=1S/C31H22O2/c1-19-15-16-25-27(17-19)20-9-3-4-10-21(20)29-18-28(22-11-5-7-13-24(22)30(25)29)23-12-6-8-14-26(23)31(32)33-2/h3-18H,1-2H3. The van der Waals surface area contributed by atoms with Gasteiger partial charge in [-0.2, -0.15) is 0 Å². The molecule has 6 aromatic carbocycles. The minimum absolute atomic E-state index is 0.325. The molecule has 0 unspecified atom stereocenters. The Morgan fingerprint density at radius 1 is 0.576 bits per heavy atom. The fourth-order valence-corrected chi connectivity index (χ4v) is 5.16. The van der Waals surface area contributed by atoms with Crippen LogP contribution in [-0.4, -0.2) is 13.1 Å². The number of esters is 1. The number of rotatable bonds is 2. The zero-order valence-corrected chi connectivity index (χ0v) is 18.6. The number of carbonyl (C=O) groups excluding carboxylic acids is 1. The van der Waals surface area contributed by atoms with Crippen molar-refractivity contribution in [3.8, 4) is 11.1 Å². The Labute approximate surface area is 192 Å². The van der Waals surface area contributed by atoms with E-state index in [2.05, 4.69) is 79.7 Å². The molecule has 0 radical (unpaired) electrons. The van der Waals surface area contributed by atoms with Gasteiger partial charge in [-0.05, 0) is 73.3 Å². The van der Waals surface area contributed by atoms with Crippen molar-refractivity contribution in [3.05, 3.63) is 108 Å². The van der Waals surface area contributed by atoms with Crippen molar-refractivity contribution in [1.29, 1.82) is 0 Å². The smallest absolute Gasteiger partial charge is 0.338 e. The average Bonchev–Trinajstić information content (AvgIpc) is 2.87. The van der Waals surface area contributed by atoms with Gasteiger partial charge in [-0.25, -0.2) is 4.79 Å². The van der Waals surface area contributed by atoms with Gasteiger partial charge in [0.1, 0.15) is 0 Å². The molecule has 0 N–H and O–H groups in total. The van der Waals surface area contributed by atoms with Crippen LogP contribution >= 0.6 is 0 Å². The quantitative estimate of drug-likeness (QED) is 0.207. The molecule has 0 aliphatic heterocycles. The van der Waals surface area contributed by atoms with Crippen LogP contribution in [0.1, 0.15) is 15.9 Å². The van der Waals surface area contributed by atoms with Crippen molar-refractivity contribution in [2.45, 2.75) is 6.92 Å². The highest BCUT2D eigenvalue weighted by molar-refractivity contribution is 6.33. The van der Waals surface area contributed by atoms with Crippen LogP contribution in [0.5, 0.6) is 0 Å². The summed E-state index contributed by atoms with van der Waals surface area (Å²) in [5.74, 6) is -0.325. The van der Waals surface area contributed by atoms with Gasteiger partial charge in [0.25, 0.3) is 0 Å². The van der Waals surface area contributed by atoms with Crippen molar-refractivity contribution >= 4 is 49.1 Å². The zero-order chi connectivity index (χ0) is 22.5. The molecule has 33 heavy (non-hydrogen) atoms. The fourth-order valence-electron chi connectivity index (χ4n) is 5.16. The van der Waals surface area contributed by atoms with E-state index in [1.165, 1.54) is 50.4 Å². The van der Waals surface area contributed by atoms with E-state index in [4.69, 9.17) is 4.74 Å². The molecule has 0 atom stereocenters. The second-order valence-corrected chi connectivity index (χ2v) is 8.52. The van der Waals surface area contributed by atoms with E-state index >= 15 is 0 Å². The van der Waals surface area contributed by atoms with E-state index in [0.29, 0.717) is 5.56 Å². The first-order chi connectivity index (χ1) is 16.2. The SMILES string of the molecule is COC(=O)c1ccccc1-c1cc2c3ccccc3c3cc(C)ccc3c2c2ccccc12. The van der Waals surface area contributed by atoms with Gasteiger partial charge in [0.05, 0.1) is 12.7 Å². The normalized spacial score (nSPS) is 11.5. The van der Waals surface area contributed by atoms with Gasteiger partial charge in [0.2, 0.25) is 0 Å². The van der Waals surface area contributed by atoms with Crippen molar-refractivity contribution in [2.24, 2.45) is 0 Å². The molecule has 2 nitrogen and oxygen atoms in total. The minimum atomic E-state index is -0.325. The number of hydrogen-bond donors (Lipinski definition) is 0. The molecular formula is C31H22O2. The molecule has 6 aromatic rings. The Morgan fingerprint density at radius 3 is 1.94 bits per heavy atom. The Balaban J connectivity index is 1.88. The van der Waals surface area contributed by atoms with Crippen molar-refractivity contribution in [2.75, 3.05) is 7.11 Å². The second-order valence-electron chi connectivity index (χ2n) is 8.52. The molecule has 0 spiro atoms. The average molecular weight is 427 g/mol. The topological polar surface area (TPSA) is 26.3 Å². The highest BCUT2D eigenvalue weighted by Gasteiger charge is 2.18. The number of carbonyl (C=O) groups is 1. The highest BCUT2D eigenvalue weighted by atomic mass is 16.5. The van der Waals surface area contributed by atoms with Crippen molar-refractivity contribution in [3.63, 3.8) is 0 Å². The van der Waals surface area contributed by atoms with Crippen LogP contribution in [0.3, 0.4) is 0 Å². The summed E-state index contributed by atoms with van der Waals surface area (Å²) in [7, 11) is 1.43. The Morgan fingerprint density at radius 2 is 1.18 bits per heavy atom. The molecule has 0 aromatic heterocycles. The molecule has 0 aliphatic rings. The summed E-state index contributed by atoms with van der Waals surface area (Å²) < 4.78 is 5.10. The molecule has 0 fully saturated rings. The molecule has 0 aliphatic carbocycles. The lowest BCUT2D eigenvalue weighted by Gasteiger charge is -2.17. The van der Waals surface area contributed by atoms with Gasteiger partial charge in [-0.1, -0.05) is 90.5 Å². The summed E-state index contributed by atoms with van der Waals surface area (Å²) in [6.45, 7) is 2.14. The number of ether oxygens (including phenoxy) is 1. The summed E-state index contributed by atoms with van der Waals surface area (Å²) in [5.41, 5.74) is 3.75. The van der Waals surface area contributed by atoms with E-state index in [0.717, 1.165) is 16.5 Å². The molecule has 0 saturated carbocycles. The summed E-state index contributed by atoms with van der Waals surface area (Å²) in [6, 6.07) is 33.7. The number of hydrogen-bond acceptors (Lipinski definition) is 2. The Hall–Kier alpha value is -4.17. The van der Waals surface area contributed by atoms with E-state index in [-0.39, 0.29) is 5.97 Å². The number of methoxy groups -OCH3 is 1. The maximum absolute atomic E-state index is 12.6. The van der Waals surface area contributed by atoms with Crippen molar-refractivity contribution in [1.82, 2.24) is 0 Å². The molecule has 158 valence electrons. The van der Waals surface area contributed by atoms with Crippen LogP contribution in [0.15, 0.2) is 97.1 Å². The first-order valence-corrected chi connectivity index (χ1v) is 11.1. The van der Waals surface area contributed by atoms with Crippen molar-refractivity contribution < 1.29 is 9.53 Å². The molecule has 0 amide bonds. The van der Waals surface area contributed by atoms with E-state index < -0.39 is 0 Å². The van der Waals surface area contributed by atoms with Gasteiger partial charge >= 0.3 is 5.97 Å². The maximum atomic E-state index is 12.6. The van der Waals surface area contributed by atoms with Gasteiger partial charge in [-0.15, -0.1) is 0 Å². The van der Waals surface area contributed by atoms with Gasteiger partial charge in [-0.3, -0.25) is 0 Å². The van der Waals surface area contributed by atoms with Crippen LogP contribution in [-0.2, 0) is 4.74 Å². The van der Waals surface area contributed by atoms with Gasteiger partial charge in [0, 0.05) is 0 Å². The Bertz CT molecular complexity index is 1730. The second kappa shape index (κ2) is 7.46.